The first-order valence-corrected chi connectivity index (χ1v) is 18.2. The van der Waals surface area contributed by atoms with Crippen LogP contribution in [0.5, 0.6) is 0 Å². The number of aryl methyl sites for hydroxylation is 1. The van der Waals surface area contributed by atoms with E-state index in [1.54, 1.807) is 0 Å². The van der Waals surface area contributed by atoms with Gasteiger partial charge in [0.15, 0.2) is 0 Å². The Kier molecular flexibility index (Phi) is 8.81. The van der Waals surface area contributed by atoms with Gasteiger partial charge < -0.3 is 14.4 Å². The van der Waals surface area contributed by atoms with Crippen LogP contribution in [0.15, 0.2) is 120 Å². The summed E-state index contributed by atoms with van der Waals surface area (Å²) < 4.78 is 40.5. The van der Waals surface area contributed by atoms with Crippen LogP contribution in [-0.4, -0.2) is 9.97 Å². The molecule has 1 aliphatic carbocycles. The minimum atomic E-state index is -2.35. The van der Waals surface area contributed by atoms with E-state index in [-0.39, 0.29) is 36.5 Å². The molecule has 3 nitrogen and oxygen atoms in total. The van der Waals surface area contributed by atoms with E-state index in [1.807, 2.05) is 54.7 Å². The smallest absolute Gasteiger partial charge is 0.121 e. The van der Waals surface area contributed by atoms with E-state index in [1.165, 1.54) is 22.5 Å². The summed E-state index contributed by atoms with van der Waals surface area (Å²) in [7, 11) is 0. The fourth-order valence-corrected chi connectivity index (χ4v) is 7.36. The minimum absolute atomic E-state index is 0. The molecule has 0 unspecified atom stereocenters. The summed E-state index contributed by atoms with van der Waals surface area (Å²) in [6.07, 6.45) is 6.39. The van der Waals surface area contributed by atoms with Gasteiger partial charge in [-0.15, -0.1) is 54.1 Å². The summed E-state index contributed by atoms with van der Waals surface area (Å²) in [6, 6.07) is 41.2. The number of aromatic nitrogens is 2. The van der Waals surface area contributed by atoms with E-state index in [0.29, 0.717) is 35.2 Å². The van der Waals surface area contributed by atoms with Gasteiger partial charge in [0.1, 0.15) is 5.58 Å². The Labute approximate surface area is 332 Å². The normalized spacial score (nSPS) is 16.5. The Hall–Kier alpha value is -4.63. The molecule has 1 radical (unpaired) electrons. The zero-order valence-electron chi connectivity index (χ0n) is 34.9. The monoisotopic (exact) mass is 875 g/mol. The van der Waals surface area contributed by atoms with Gasteiger partial charge >= 0.3 is 0 Å². The predicted octanol–water partition coefficient (Wildman–Crippen LogP) is 13.6. The third-order valence-electron chi connectivity index (χ3n) is 10.7. The largest absolute Gasteiger partial charge is 0.501 e. The molecule has 0 atom stereocenters. The second-order valence-corrected chi connectivity index (χ2v) is 15.9. The molecular weight excluding hydrogens is 825 g/mol. The van der Waals surface area contributed by atoms with Crippen molar-refractivity contribution in [3.63, 3.8) is 0 Å². The minimum Gasteiger partial charge on any atom is -0.501 e. The van der Waals surface area contributed by atoms with Gasteiger partial charge in [-0.1, -0.05) is 100 Å². The summed E-state index contributed by atoms with van der Waals surface area (Å²) in [5.41, 5.74) is 7.03. The molecule has 1 saturated carbocycles. The van der Waals surface area contributed by atoms with Crippen LogP contribution in [0.2, 0.25) is 0 Å². The maximum Gasteiger partial charge on any atom is 0.121 e. The van der Waals surface area contributed by atoms with Crippen molar-refractivity contribution in [2.24, 2.45) is 5.41 Å². The van der Waals surface area contributed by atoms with E-state index in [2.05, 4.69) is 111 Å². The predicted molar refractivity (Wildman–Crippen MR) is 218 cm³/mol. The van der Waals surface area contributed by atoms with Crippen molar-refractivity contribution >= 4 is 43.5 Å². The van der Waals surface area contributed by atoms with Crippen LogP contribution < -0.4 is 0 Å². The van der Waals surface area contributed by atoms with Crippen LogP contribution in [0.1, 0.15) is 88.4 Å². The Morgan fingerprint density at radius 2 is 1.53 bits per heavy atom. The number of hydrogen-bond donors (Lipinski definition) is 0. The number of hydrogen-bond acceptors (Lipinski definition) is 3. The van der Waals surface area contributed by atoms with Crippen molar-refractivity contribution in [1.82, 2.24) is 9.97 Å². The molecule has 5 aromatic carbocycles. The molecule has 3 heterocycles. The van der Waals surface area contributed by atoms with Gasteiger partial charge in [-0.25, -0.2) is 0 Å². The zero-order chi connectivity index (χ0) is 39.5. The van der Waals surface area contributed by atoms with Crippen LogP contribution in [0.25, 0.3) is 66.0 Å². The third kappa shape index (κ3) is 7.45. The van der Waals surface area contributed by atoms with Gasteiger partial charge in [0.25, 0.3) is 0 Å². The van der Waals surface area contributed by atoms with Crippen molar-refractivity contribution < 1.29 is 30.0 Å². The van der Waals surface area contributed by atoms with Crippen LogP contribution in [-0.2, 0) is 25.5 Å². The molecule has 0 aliphatic heterocycles. The van der Waals surface area contributed by atoms with Gasteiger partial charge in [0.2, 0.25) is 0 Å². The third-order valence-corrected chi connectivity index (χ3v) is 10.7. The summed E-state index contributed by atoms with van der Waals surface area (Å²) in [4.78, 5) is 9.10. The number of rotatable bonds is 3. The summed E-state index contributed by atoms with van der Waals surface area (Å²) in [6.45, 7) is 8.67. The van der Waals surface area contributed by atoms with Crippen molar-refractivity contribution in [3.05, 3.63) is 144 Å². The maximum absolute atomic E-state index is 9.41. The average molecular weight is 875 g/mol. The molecule has 1 fully saturated rings. The van der Waals surface area contributed by atoms with Gasteiger partial charge in [-0.2, -0.15) is 0 Å². The van der Waals surface area contributed by atoms with Gasteiger partial charge in [-0.3, -0.25) is 0 Å². The van der Waals surface area contributed by atoms with Crippen molar-refractivity contribution in [2.45, 2.75) is 78.5 Å². The molecule has 0 spiro atoms. The molecule has 9 rings (SSSR count). The Balaban J connectivity index is 0.000000246. The van der Waals surface area contributed by atoms with E-state index in [4.69, 9.17) is 8.53 Å². The molecule has 0 bridgehead atoms. The Morgan fingerprint density at radius 1 is 0.755 bits per heavy atom. The quantitative estimate of drug-likeness (QED) is 0.131. The van der Waals surface area contributed by atoms with Crippen molar-refractivity contribution in [1.29, 1.82) is 0 Å². The first-order chi connectivity index (χ1) is 26.6. The standard InChI is InChI=1S/C34H30NO.C15H16N.Ir/c1-21-20-35-31(18-28(21)23-13-15-34(2,3)16-14-23)27-10-6-9-26-30-17-24-12-11-22-7-4-5-8-25(22)29(24)19-32(30)36-33(26)27;1-15(2,3)13-9-10-14(16-11-13)12-7-5-4-6-8-12;/h4-9,11-12,17-20,23H,13-16H2,1-3H3;4-7,9-11H,1-3H3;/q2*-1;/i1D3,23D;;. The SMILES string of the molecule is CC(C)(C)c1ccc(-c2[c-]cccc2)nc1.[2H]C([2H])([2H])c1cnc(-c2[c-]ccc3c2oc2cc4c(ccc5ccccc54)cc23)cc1C1([2H])CCC(C)(C)CC1.[Ir]. The second kappa shape index (κ2) is 14.7. The van der Waals surface area contributed by atoms with Gasteiger partial charge in [0.05, 0.1) is 5.58 Å². The number of benzene rings is 5. The number of pyridine rings is 2. The van der Waals surface area contributed by atoms with Crippen molar-refractivity contribution in [2.75, 3.05) is 0 Å². The van der Waals surface area contributed by atoms with E-state index >= 15 is 0 Å². The topological polar surface area (TPSA) is 38.9 Å². The van der Waals surface area contributed by atoms with E-state index in [9.17, 15) is 1.37 Å². The Morgan fingerprint density at radius 3 is 2.26 bits per heavy atom. The number of furan rings is 1. The first-order valence-electron chi connectivity index (χ1n) is 20.2. The zero-order valence-corrected chi connectivity index (χ0v) is 33.3. The molecular formula is C49H46IrN2O-2. The average Bonchev–Trinajstić information content (AvgIpc) is 3.56. The molecule has 0 saturated heterocycles. The molecule has 8 aromatic rings. The maximum atomic E-state index is 9.41. The van der Waals surface area contributed by atoms with E-state index in [0.717, 1.165) is 51.2 Å². The molecule has 53 heavy (non-hydrogen) atoms. The fraction of sp³-hybridized carbons (Fsp3) is 0.265. The number of fused-ring (bicyclic) bond motifs is 6. The Bertz CT molecular complexity index is 2700. The molecule has 4 heteroatoms. The van der Waals surface area contributed by atoms with Gasteiger partial charge in [0, 0.05) is 43.4 Å². The number of nitrogens with zero attached hydrogens (tertiary/aromatic N) is 2. The molecule has 3 aromatic heterocycles. The molecule has 0 amide bonds. The second-order valence-electron chi connectivity index (χ2n) is 15.9. The summed E-state index contributed by atoms with van der Waals surface area (Å²) in [5.74, 6) is -0.975. The molecule has 1 aliphatic rings. The van der Waals surface area contributed by atoms with Crippen molar-refractivity contribution in [3.8, 4) is 22.5 Å². The van der Waals surface area contributed by atoms with Crippen LogP contribution in [0, 0.1) is 24.4 Å². The van der Waals surface area contributed by atoms with Gasteiger partial charge in [-0.05, 0) is 111 Å². The molecule has 269 valence electrons. The van der Waals surface area contributed by atoms with Crippen LogP contribution in [0.3, 0.4) is 0 Å². The summed E-state index contributed by atoms with van der Waals surface area (Å²) >= 11 is 0. The fourth-order valence-electron chi connectivity index (χ4n) is 7.36. The van der Waals surface area contributed by atoms with Crippen LogP contribution in [0.4, 0.5) is 0 Å². The van der Waals surface area contributed by atoms with E-state index < -0.39 is 12.7 Å². The van der Waals surface area contributed by atoms with Crippen LogP contribution >= 0.6 is 0 Å². The summed E-state index contributed by atoms with van der Waals surface area (Å²) in [5, 5.41) is 6.61. The first kappa shape index (κ1) is 31.9. The molecule has 0 N–H and O–H groups in total.